The molecule has 0 bridgehead atoms. The van der Waals surface area contributed by atoms with E-state index in [1.807, 2.05) is 18.2 Å². The van der Waals surface area contributed by atoms with Crippen LogP contribution in [0.25, 0.3) is 0 Å². The Bertz CT molecular complexity index is 164. The highest BCUT2D eigenvalue weighted by atomic mass is 19.1. The van der Waals surface area contributed by atoms with Gasteiger partial charge in [0.1, 0.15) is 0 Å². The van der Waals surface area contributed by atoms with Crippen LogP contribution in [0.2, 0.25) is 0 Å². The average Bonchev–Trinajstić information content (AvgIpc) is 2.09. The van der Waals surface area contributed by atoms with E-state index in [9.17, 15) is 4.39 Å². The molecule has 0 amide bonds. The van der Waals surface area contributed by atoms with Gasteiger partial charge in [-0.1, -0.05) is 6.07 Å². The van der Waals surface area contributed by atoms with E-state index in [2.05, 4.69) is 4.98 Å². The lowest BCUT2D eigenvalue weighted by Gasteiger charge is -1.70. The smallest absolute Gasteiger partial charge is 0.335 e. The number of hydrogen-bond acceptors (Lipinski definition) is 2. The molecule has 0 saturated carbocycles. The van der Waals surface area contributed by atoms with Crippen LogP contribution in [0.5, 0.6) is 0 Å². The van der Waals surface area contributed by atoms with E-state index >= 15 is 0 Å². The van der Waals surface area contributed by atoms with Crippen molar-refractivity contribution in [1.29, 1.82) is 0 Å². The van der Waals surface area contributed by atoms with Crippen molar-refractivity contribution in [1.82, 2.24) is 4.98 Å². The molecule has 0 saturated heterocycles. The van der Waals surface area contributed by atoms with Crippen molar-refractivity contribution in [3.05, 3.63) is 30.6 Å². The summed E-state index contributed by atoms with van der Waals surface area (Å²) in [5.74, 6) is -1.41. The van der Waals surface area contributed by atoms with Crippen molar-refractivity contribution in [2.24, 2.45) is 0 Å². The molecule has 60 valence electrons. The van der Waals surface area contributed by atoms with Gasteiger partial charge in [-0.3, -0.25) is 4.98 Å². The Labute approximate surface area is 63.5 Å². The van der Waals surface area contributed by atoms with Crippen molar-refractivity contribution < 1.29 is 14.3 Å². The molecule has 0 aliphatic rings. The summed E-state index contributed by atoms with van der Waals surface area (Å²) < 4.78 is 10.5. The standard InChI is InChI=1S/C5H5N.C2H3FO2/c1-2-4-6-5-3-1;3-1-2(4)5/h1-5H;1H2,(H,4,5). The van der Waals surface area contributed by atoms with Gasteiger partial charge in [0.25, 0.3) is 0 Å². The van der Waals surface area contributed by atoms with Gasteiger partial charge in [-0.2, -0.15) is 0 Å². The SMILES string of the molecule is O=C(O)CF.c1ccncc1. The minimum absolute atomic E-state index is 1.28. The van der Waals surface area contributed by atoms with E-state index in [-0.39, 0.29) is 0 Å². The van der Waals surface area contributed by atoms with Crippen LogP contribution in [0.1, 0.15) is 0 Å². The van der Waals surface area contributed by atoms with E-state index in [1.54, 1.807) is 12.4 Å². The predicted octanol–water partition coefficient (Wildman–Crippen LogP) is 1.12. The number of aliphatic carboxylic acids is 1. The molecule has 0 atom stereocenters. The largest absolute Gasteiger partial charge is 0.479 e. The summed E-state index contributed by atoms with van der Waals surface area (Å²) in [6.07, 6.45) is 3.50. The fourth-order valence-corrected chi connectivity index (χ4v) is 0.313. The Morgan fingerprint density at radius 2 is 1.82 bits per heavy atom. The number of carboxylic acids is 1. The molecule has 3 nitrogen and oxygen atoms in total. The molecule has 0 unspecified atom stereocenters. The molecular formula is C7H8FNO2. The summed E-state index contributed by atoms with van der Waals surface area (Å²) in [5, 5.41) is 7.35. The van der Waals surface area contributed by atoms with Crippen molar-refractivity contribution >= 4 is 5.97 Å². The summed E-state index contributed by atoms with van der Waals surface area (Å²) in [7, 11) is 0. The molecule has 0 aliphatic heterocycles. The second kappa shape index (κ2) is 6.67. The van der Waals surface area contributed by atoms with Crippen LogP contribution in [-0.2, 0) is 4.79 Å². The number of aromatic nitrogens is 1. The lowest BCUT2D eigenvalue weighted by Crippen LogP contribution is -1.93. The summed E-state index contributed by atoms with van der Waals surface area (Å²) in [6, 6.07) is 5.72. The third-order valence-electron chi connectivity index (χ3n) is 0.681. The monoisotopic (exact) mass is 157 g/mol. The summed E-state index contributed by atoms with van der Waals surface area (Å²) in [4.78, 5) is 12.8. The van der Waals surface area contributed by atoms with Crippen molar-refractivity contribution in [3.63, 3.8) is 0 Å². The molecule has 0 aliphatic carbocycles. The first-order valence-corrected chi connectivity index (χ1v) is 2.90. The van der Waals surface area contributed by atoms with Crippen LogP contribution >= 0.6 is 0 Å². The zero-order valence-corrected chi connectivity index (χ0v) is 5.77. The fraction of sp³-hybridized carbons (Fsp3) is 0.143. The Kier molecular flexibility index (Phi) is 5.79. The first-order valence-electron chi connectivity index (χ1n) is 2.90. The fourth-order valence-electron chi connectivity index (χ4n) is 0.313. The minimum atomic E-state index is -1.41. The van der Waals surface area contributed by atoms with Gasteiger partial charge in [-0.25, -0.2) is 9.18 Å². The van der Waals surface area contributed by atoms with Gasteiger partial charge >= 0.3 is 5.97 Å². The Morgan fingerprint density at radius 3 is 1.91 bits per heavy atom. The normalized spacial score (nSPS) is 7.73. The van der Waals surface area contributed by atoms with Crippen LogP contribution in [-0.4, -0.2) is 22.7 Å². The quantitative estimate of drug-likeness (QED) is 0.664. The van der Waals surface area contributed by atoms with Crippen LogP contribution in [0, 0.1) is 0 Å². The molecular weight excluding hydrogens is 149 g/mol. The van der Waals surface area contributed by atoms with E-state index < -0.39 is 12.6 Å². The van der Waals surface area contributed by atoms with E-state index in [4.69, 9.17) is 9.90 Å². The molecule has 1 aromatic heterocycles. The second-order valence-corrected chi connectivity index (χ2v) is 1.55. The maximum Gasteiger partial charge on any atom is 0.335 e. The lowest BCUT2D eigenvalue weighted by atomic mass is 10.5. The van der Waals surface area contributed by atoms with Gasteiger partial charge in [0.2, 0.25) is 0 Å². The predicted molar refractivity (Wildman–Crippen MR) is 37.8 cm³/mol. The highest BCUT2D eigenvalue weighted by molar-refractivity contribution is 5.67. The van der Waals surface area contributed by atoms with Gasteiger partial charge < -0.3 is 5.11 Å². The minimum Gasteiger partial charge on any atom is -0.479 e. The number of rotatable bonds is 1. The number of carboxylic acid groups (broad SMARTS) is 1. The van der Waals surface area contributed by atoms with Crippen LogP contribution in [0.4, 0.5) is 4.39 Å². The Morgan fingerprint density at radius 1 is 1.36 bits per heavy atom. The molecule has 0 aromatic carbocycles. The molecule has 1 heterocycles. The third-order valence-corrected chi connectivity index (χ3v) is 0.681. The van der Waals surface area contributed by atoms with E-state index in [0.29, 0.717) is 0 Å². The highest BCUT2D eigenvalue weighted by Gasteiger charge is 1.85. The van der Waals surface area contributed by atoms with Crippen molar-refractivity contribution in [2.45, 2.75) is 0 Å². The summed E-state index contributed by atoms with van der Waals surface area (Å²) in [5.41, 5.74) is 0. The highest BCUT2D eigenvalue weighted by Crippen LogP contribution is 1.73. The zero-order valence-electron chi connectivity index (χ0n) is 5.77. The number of pyridine rings is 1. The first kappa shape index (κ1) is 9.55. The number of hydrogen-bond donors (Lipinski definition) is 1. The van der Waals surface area contributed by atoms with Gasteiger partial charge in [-0.05, 0) is 12.1 Å². The van der Waals surface area contributed by atoms with Crippen LogP contribution in [0.15, 0.2) is 30.6 Å². The molecule has 1 rings (SSSR count). The van der Waals surface area contributed by atoms with Gasteiger partial charge in [0, 0.05) is 12.4 Å². The van der Waals surface area contributed by atoms with Crippen LogP contribution in [0.3, 0.4) is 0 Å². The average molecular weight is 157 g/mol. The summed E-state index contributed by atoms with van der Waals surface area (Å²) in [6.45, 7) is -1.28. The van der Waals surface area contributed by atoms with Crippen LogP contribution < -0.4 is 0 Å². The zero-order chi connectivity index (χ0) is 8.53. The number of carbonyl (C=O) groups is 1. The Hall–Kier alpha value is -1.45. The summed E-state index contributed by atoms with van der Waals surface area (Å²) >= 11 is 0. The van der Waals surface area contributed by atoms with Gasteiger partial charge in [0.05, 0.1) is 0 Å². The molecule has 1 N–H and O–H groups in total. The molecule has 0 spiro atoms. The van der Waals surface area contributed by atoms with Gasteiger partial charge in [0.15, 0.2) is 6.67 Å². The maximum atomic E-state index is 10.5. The number of alkyl halides is 1. The Balaban J connectivity index is 0.000000187. The topological polar surface area (TPSA) is 50.2 Å². The molecule has 1 aromatic rings. The molecule has 0 fully saturated rings. The van der Waals surface area contributed by atoms with Crippen molar-refractivity contribution in [3.8, 4) is 0 Å². The molecule has 11 heavy (non-hydrogen) atoms. The number of nitrogens with zero attached hydrogens (tertiary/aromatic N) is 1. The van der Waals surface area contributed by atoms with Gasteiger partial charge in [-0.15, -0.1) is 0 Å². The van der Waals surface area contributed by atoms with E-state index in [1.165, 1.54) is 0 Å². The van der Waals surface area contributed by atoms with E-state index in [0.717, 1.165) is 0 Å². The maximum absolute atomic E-state index is 10.5. The number of halogens is 1. The van der Waals surface area contributed by atoms with Crippen molar-refractivity contribution in [2.75, 3.05) is 6.67 Å². The first-order chi connectivity index (χ1) is 5.27. The third kappa shape index (κ3) is 8.55. The second-order valence-electron chi connectivity index (χ2n) is 1.55. The lowest BCUT2D eigenvalue weighted by molar-refractivity contribution is -0.137. The molecule has 0 radical (unpaired) electrons. The molecule has 4 heteroatoms.